The van der Waals surface area contributed by atoms with Gasteiger partial charge in [-0.3, -0.25) is 4.98 Å². The second-order valence-corrected chi connectivity index (χ2v) is 5.25. The third-order valence-corrected chi connectivity index (χ3v) is 3.56. The topological polar surface area (TPSA) is 37.8 Å². The Kier molecular flexibility index (Phi) is 3.86. The lowest BCUT2D eigenvalue weighted by Crippen LogP contribution is -2.22. The van der Waals surface area contributed by atoms with Gasteiger partial charge in [-0.15, -0.1) is 11.3 Å². The fourth-order valence-corrected chi connectivity index (χ4v) is 2.47. The molecule has 0 saturated heterocycles. The Morgan fingerprint density at radius 2 is 2.12 bits per heavy atom. The lowest BCUT2D eigenvalue weighted by molar-refractivity contribution is 0.486. The molecule has 1 N–H and O–H groups in total. The molecule has 90 valence electrons. The number of aromatic nitrogens is 2. The fraction of sp³-hybridized carbons (Fsp3) is 0.385. The largest absolute Gasteiger partial charge is 0.302 e. The highest BCUT2D eigenvalue weighted by molar-refractivity contribution is 7.09. The van der Waals surface area contributed by atoms with Crippen LogP contribution >= 0.6 is 11.3 Å². The summed E-state index contributed by atoms with van der Waals surface area (Å²) in [7, 11) is 0. The zero-order valence-electron chi connectivity index (χ0n) is 10.3. The Morgan fingerprint density at radius 3 is 2.71 bits per heavy atom. The van der Waals surface area contributed by atoms with E-state index in [-0.39, 0.29) is 12.1 Å². The van der Waals surface area contributed by atoms with E-state index in [9.17, 15) is 0 Å². The van der Waals surface area contributed by atoms with E-state index in [2.05, 4.69) is 40.6 Å². The van der Waals surface area contributed by atoms with Gasteiger partial charge >= 0.3 is 0 Å². The number of nitrogens with one attached hydrogen (secondary N) is 1. The van der Waals surface area contributed by atoms with Gasteiger partial charge in [-0.2, -0.15) is 0 Å². The Hall–Kier alpha value is -1.26. The minimum absolute atomic E-state index is 0.259. The zero-order valence-corrected chi connectivity index (χ0v) is 11.2. The Labute approximate surface area is 106 Å². The molecule has 2 aromatic rings. The SMILES string of the molecule is Cc1nc(C(C)N[C@@H](C)c2cccnc2)cs1. The minimum Gasteiger partial charge on any atom is -0.302 e. The summed E-state index contributed by atoms with van der Waals surface area (Å²) in [6.45, 7) is 6.32. The highest BCUT2D eigenvalue weighted by atomic mass is 32.1. The van der Waals surface area contributed by atoms with Crippen molar-refractivity contribution >= 4 is 11.3 Å². The van der Waals surface area contributed by atoms with Crippen molar-refractivity contribution < 1.29 is 0 Å². The minimum atomic E-state index is 0.259. The smallest absolute Gasteiger partial charge is 0.0898 e. The van der Waals surface area contributed by atoms with E-state index < -0.39 is 0 Å². The molecule has 0 bridgehead atoms. The van der Waals surface area contributed by atoms with Gasteiger partial charge in [0.15, 0.2) is 0 Å². The van der Waals surface area contributed by atoms with Crippen LogP contribution in [-0.4, -0.2) is 9.97 Å². The molecule has 0 aliphatic rings. The van der Waals surface area contributed by atoms with Gasteiger partial charge in [-0.05, 0) is 32.4 Å². The standard InChI is InChI=1S/C13H17N3S/c1-9(12-5-4-6-14-7-12)15-10(2)13-8-17-11(3)16-13/h4-10,15H,1-3H3/t9-,10?/m0/s1. The van der Waals surface area contributed by atoms with Crippen molar-refractivity contribution in [2.24, 2.45) is 0 Å². The van der Waals surface area contributed by atoms with E-state index in [1.165, 1.54) is 5.56 Å². The average Bonchev–Trinajstić information content (AvgIpc) is 2.77. The summed E-state index contributed by atoms with van der Waals surface area (Å²) in [4.78, 5) is 8.63. The molecule has 0 aliphatic carbocycles. The summed E-state index contributed by atoms with van der Waals surface area (Å²) in [5.41, 5.74) is 2.31. The Bertz CT molecular complexity index is 467. The molecule has 0 radical (unpaired) electrons. The van der Waals surface area contributed by atoms with Gasteiger partial charge in [0, 0.05) is 29.9 Å². The predicted octanol–water partition coefficient (Wildman–Crippen LogP) is 3.26. The monoisotopic (exact) mass is 247 g/mol. The van der Waals surface area contributed by atoms with Gasteiger partial charge in [0.2, 0.25) is 0 Å². The Morgan fingerprint density at radius 1 is 1.29 bits per heavy atom. The van der Waals surface area contributed by atoms with Gasteiger partial charge in [0.1, 0.15) is 0 Å². The van der Waals surface area contributed by atoms with Crippen LogP contribution in [0.3, 0.4) is 0 Å². The molecule has 2 atom stereocenters. The molecule has 0 saturated carbocycles. The van der Waals surface area contributed by atoms with Crippen molar-refractivity contribution in [2.45, 2.75) is 32.9 Å². The molecule has 4 heteroatoms. The van der Waals surface area contributed by atoms with Crippen LogP contribution in [0.5, 0.6) is 0 Å². The first-order valence-electron chi connectivity index (χ1n) is 5.75. The van der Waals surface area contributed by atoms with Crippen LogP contribution < -0.4 is 5.32 Å². The normalized spacial score (nSPS) is 14.5. The van der Waals surface area contributed by atoms with E-state index in [4.69, 9.17) is 0 Å². The molecule has 1 unspecified atom stereocenters. The van der Waals surface area contributed by atoms with Crippen molar-refractivity contribution in [3.63, 3.8) is 0 Å². The van der Waals surface area contributed by atoms with E-state index in [0.717, 1.165) is 10.7 Å². The molecule has 0 aromatic carbocycles. The molecule has 17 heavy (non-hydrogen) atoms. The van der Waals surface area contributed by atoms with Crippen molar-refractivity contribution in [3.05, 3.63) is 46.2 Å². The number of aryl methyl sites for hydroxylation is 1. The lowest BCUT2D eigenvalue weighted by atomic mass is 10.1. The third-order valence-electron chi connectivity index (χ3n) is 2.76. The lowest BCUT2D eigenvalue weighted by Gasteiger charge is -2.18. The molecular formula is C13H17N3S. The fourth-order valence-electron chi connectivity index (χ4n) is 1.77. The molecule has 0 fully saturated rings. The van der Waals surface area contributed by atoms with Crippen LogP contribution in [0.25, 0.3) is 0 Å². The highest BCUT2D eigenvalue weighted by Crippen LogP contribution is 2.20. The van der Waals surface area contributed by atoms with Crippen molar-refractivity contribution in [2.75, 3.05) is 0 Å². The van der Waals surface area contributed by atoms with Crippen LogP contribution in [0.1, 0.15) is 42.2 Å². The first-order chi connectivity index (χ1) is 8.16. The summed E-state index contributed by atoms with van der Waals surface area (Å²) in [6.07, 6.45) is 3.69. The number of hydrogen-bond donors (Lipinski definition) is 1. The van der Waals surface area contributed by atoms with Crippen LogP contribution in [0, 0.1) is 6.92 Å². The van der Waals surface area contributed by atoms with Gasteiger partial charge in [-0.25, -0.2) is 4.98 Å². The molecule has 2 rings (SSSR count). The maximum Gasteiger partial charge on any atom is 0.0898 e. The summed E-state index contributed by atoms with van der Waals surface area (Å²) in [6, 6.07) is 4.59. The molecule has 2 heterocycles. The summed E-state index contributed by atoms with van der Waals surface area (Å²) in [5, 5.41) is 6.76. The van der Waals surface area contributed by atoms with E-state index in [1.54, 1.807) is 17.5 Å². The van der Waals surface area contributed by atoms with Crippen LogP contribution in [-0.2, 0) is 0 Å². The van der Waals surface area contributed by atoms with Gasteiger partial charge < -0.3 is 5.32 Å². The summed E-state index contributed by atoms with van der Waals surface area (Å²) in [5.74, 6) is 0. The number of rotatable bonds is 4. The van der Waals surface area contributed by atoms with Crippen molar-refractivity contribution in [3.8, 4) is 0 Å². The van der Waals surface area contributed by atoms with E-state index >= 15 is 0 Å². The van der Waals surface area contributed by atoms with Gasteiger partial charge in [0.25, 0.3) is 0 Å². The number of nitrogens with zero attached hydrogens (tertiary/aromatic N) is 2. The second-order valence-electron chi connectivity index (χ2n) is 4.19. The Balaban J connectivity index is 2.02. The highest BCUT2D eigenvalue weighted by Gasteiger charge is 2.13. The molecule has 2 aromatic heterocycles. The predicted molar refractivity (Wildman–Crippen MR) is 71.1 cm³/mol. The van der Waals surface area contributed by atoms with Gasteiger partial charge in [-0.1, -0.05) is 6.07 Å². The van der Waals surface area contributed by atoms with Crippen molar-refractivity contribution in [1.29, 1.82) is 0 Å². The van der Waals surface area contributed by atoms with Crippen LogP contribution in [0.4, 0.5) is 0 Å². The number of hydrogen-bond acceptors (Lipinski definition) is 4. The second kappa shape index (κ2) is 5.38. The summed E-state index contributed by atoms with van der Waals surface area (Å²) < 4.78 is 0. The zero-order chi connectivity index (χ0) is 12.3. The molecule has 3 nitrogen and oxygen atoms in total. The molecule has 0 aliphatic heterocycles. The average molecular weight is 247 g/mol. The molecule has 0 amide bonds. The first kappa shape index (κ1) is 12.2. The number of thiazole rings is 1. The van der Waals surface area contributed by atoms with Crippen LogP contribution in [0.2, 0.25) is 0 Å². The molecular weight excluding hydrogens is 230 g/mol. The van der Waals surface area contributed by atoms with E-state index in [1.807, 2.05) is 19.2 Å². The molecule has 0 spiro atoms. The van der Waals surface area contributed by atoms with Gasteiger partial charge in [0.05, 0.1) is 10.7 Å². The maximum absolute atomic E-state index is 4.50. The van der Waals surface area contributed by atoms with Crippen LogP contribution in [0.15, 0.2) is 29.9 Å². The third kappa shape index (κ3) is 3.11. The first-order valence-corrected chi connectivity index (χ1v) is 6.63. The summed E-state index contributed by atoms with van der Waals surface area (Å²) >= 11 is 1.69. The maximum atomic E-state index is 4.50. The van der Waals surface area contributed by atoms with Crippen molar-refractivity contribution in [1.82, 2.24) is 15.3 Å². The van der Waals surface area contributed by atoms with E-state index in [0.29, 0.717) is 0 Å². The number of pyridine rings is 1. The quantitative estimate of drug-likeness (QED) is 0.901.